The molecule has 6 heteroatoms. The smallest absolute Gasteiger partial charge is 0.407 e. The van der Waals surface area contributed by atoms with Gasteiger partial charge in [0, 0.05) is 29.9 Å². The first-order valence-corrected chi connectivity index (χ1v) is 8.67. The molecular formula is C18H27N3O3. The summed E-state index contributed by atoms with van der Waals surface area (Å²) in [5, 5.41) is 18.8. The van der Waals surface area contributed by atoms with Crippen molar-refractivity contribution in [1.29, 1.82) is 0 Å². The lowest BCUT2D eigenvalue weighted by Gasteiger charge is -2.47. The fourth-order valence-electron chi connectivity index (χ4n) is 4.39. The first-order valence-electron chi connectivity index (χ1n) is 8.67. The fourth-order valence-corrected chi connectivity index (χ4v) is 4.39. The Morgan fingerprint density at radius 1 is 1.29 bits per heavy atom. The quantitative estimate of drug-likeness (QED) is 0.889. The molecule has 0 spiro atoms. The van der Waals surface area contributed by atoms with Crippen molar-refractivity contribution in [2.45, 2.75) is 76.7 Å². The lowest BCUT2D eigenvalue weighted by atomic mass is 9.92. The molecule has 2 aliphatic rings. The molecule has 0 aromatic carbocycles. The summed E-state index contributed by atoms with van der Waals surface area (Å²) in [4.78, 5) is 20.3. The van der Waals surface area contributed by atoms with Crippen LogP contribution in [0.15, 0.2) is 18.3 Å². The van der Waals surface area contributed by atoms with Crippen LogP contribution in [0.4, 0.5) is 10.6 Å². The molecule has 3 rings (SSSR count). The number of hydrogen-bond acceptors (Lipinski definition) is 4. The summed E-state index contributed by atoms with van der Waals surface area (Å²) in [5.41, 5.74) is 0.421. The topological polar surface area (TPSA) is 76.9 Å². The van der Waals surface area contributed by atoms with Crippen LogP contribution in [0.25, 0.3) is 0 Å². The zero-order valence-electron chi connectivity index (χ0n) is 14.6. The molecule has 1 amide bonds. The number of pyridine rings is 1. The molecule has 0 aliphatic carbocycles. The van der Waals surface area contributed by atoms with Gasteiger partial charge in [-0.25, -0.2) is 9.78 Å². The monoisotopic (exact) mass is 333 g/mol. The number of carboxylic acid groups (broad SMARTS) is 1. The van der Waals surface area contributed by atoms with E-state index >= 15 is 0 Å². The van der Waals surface area contributed by atoms with Crippen molar-refractivity contribution >= 4 is 11.9 Å². The molecule has 2 fully saturated rings. The summed E-state index contributed by atoms with van der Waals surface area (Å²) in [7, 11) is 0. The zero-order valence-corrected chi connectivity index (χ0v) is 14.6. The molecule has 6 nitrogen and oxygen atoms in total. The van der Waals surface area contributed by atoms with Gasteiger partial charge in [-0.2, -0.15) is 0 Å². The number of piperidine rings is 1. The van der Waals surface area contributed by atoms with Crippen LogP contribution in [0.5, 0.6) is 0 Å². The van der Waals surface area contributed by atoms with E-state index in [0.29, 0.717) is 12.1 Å². The third-order valence-electron chi connectivity index (χ3n) is 5.26. The molecule has 1 aromatic heterocycles. The number of nitrogens with zero attached hydrogens (tertiary/aromatic N) is 3. The number of aliphatic hydroxyl groups is 1. The van der Waals surface area contributed by atoms with Crippen molar-refractivity contribution in [1.82, 2.24) is 9.88 Å². The summed E-state index contributed by atoms with van der Waals surface area (Å²) in [6.45, 7) is 5.89. The van der Waals surface area contributed by atoms with Gasteiger partial charge in [-0.15, -0.1) is 0 Å². The molecule has 3 atom stereocenters. The molecule has 2 saturated heterocycles. The van der Waals surface area contributed by atoms with Crippen LogP contribution in [0.3, 0.4) is 0 Å². The summed E-state index contributed by atoms with van der Waals surface area (Å²) in [5.74, 6) is 0.941. The van der Waals surface area contributed by atoms with E-state index in [1.807, 2.05) is 32.9 Å². The highest BCUT2D eigenvalue weighted by molar-refractivity contribution is 5.66. The maximum absolute atomic E-state index is 11.8. The Morgan fingerprint density at radius 2 is 1.92 bits per heavy atom. The van der Waals surface area contributed by atoms with Crippen molar-refractivity contribution in [3.8, 4) is 0 Å². The number of amides is 1. The first-order chi connectivity index (χ1) is 11.3. The van der Waals surface area contributed by atoms with E-state index in [2.05, 4.69) is 9.88 Å². The van der Waals surface area contributed by atoms with E-state index < -0.39 is 6.09 Å². The minimum Gasteiger partial charge on any atom is -0.465 e. The minimum absolute atomic E-state index is 0.00135. The molecule has 2 N–H and O–H groups in total. The normalized spacial score (nSPS) is 26.5. The van der Waals surface area contributed by atoms with E-state index in [-0.39, 0.29) is 18.2 Å². The van der Waals surface area contributed by atoms with E-state index in [1.165, 1.54) is 0 Å². The van der Waals surface area contributed by atoms with E-state index in [1.54, 1.807) is 11.1 Å². The summed E-state index contributed by atoms with van der Waals surface area (Å²) >= 11 is 0. The lowest BCUT2D eigenvalue weighted by molar-refractivity contribution is 0.0558. The van der Waals surface area contributed by atoms with Gasteiger partial charge in [0.05, 0.1) is 6.61 Å². The number of aliphatic hydroxyl groups excluding tert-OH is 1. The summed E-state index contributed by atoms with van der Waals surface area (Å²) < 4.78 is 0. The molecule has 24 heavy (non-hydrogen) atoms. The Labute approximate surface area is 143 Å². The van der Waals surface area contributed by atoms with E-state index in [0.717, 1.165) is 37.1 Å². The Bertz CT molecular complexity index is 583. The average Bonchev–Trinajstić information content (AvgIpc) is 2.76. The van der Waals surface area contributed by atoms with Crippen molar-refractivity contribution in [3.63, 3.8) is 0 Å². The molecule has 1 aromatic rings. The van der Waals surface area contributed by atoms with Crippen LogP contribution in [0.1, 0.15) is 52.0 Å². The minimum atomic E-state index is -0.828. The molecule has 0 saturated carbocycles. The second-order valence-corrected chi connectivity index (χ2v) is 7.92. The van der Waals surface area contributed by atoms with Crippen LogP contribution in [-0.2, 0) is 6.61 Å². The van der Waals surface area contributed by atoms with E-state index in [4.69, 9.17) is 5.11 Å². The Morgan fingerprint density at radius 3 is 2.33 bits per heavy atom. The van der Waals surface area contributed by atoms with Gasteiger partial charge in [0.1, 0.15) is 5.82 Å². The maximum Gasteiger partial charge on any atom is 0.407 e. The number of rotatable bonds is 3. The molecule has 2 aliphatic heterocycles. The zero-order chi connectivity index (χ0) is 17.5. The molecule has 132 valence electrons. The molecular weight excluding hydrogens is 306 g/mol. The standard InChI is InChI=1S/C18H27N3O3/c1-18(2,3)21(17(23)24)15-8-13-5-6-14(9-15)20(13)16-7-4-12(11-22)10-19-16/h4,7,10,13-15,22H,5-6,8-9,11H2,1-3H3,(H,23,24)/t13-,14+,15+. The van der Waals surface area contributed by atoms with Gasteiger partial charge in [-0.1, -0.05) is 6.07 Å². The van der Waals surface area contributed by atoms with Gasteiger partial charge in [-0.3, -0.25) is 0 Å². The second-order valence-electron chi connectivity index (χ2n) is 7.92. The van der Waals surface area contributed by atoms with Gasteiger partial charge in [0.2, 0.25) is 0 Å². The molecule has 3 heterocycles. The second kappa shape index (κ2) is 6.24. The largest absolute Gasteiger partial charge is 0.465 e. The van der Waals surface area contributed by atoms with Crippen LogP contribution < -0.4 is 4.90 Å². The third-order valence-corrected chi connectivity index (χ3v) is 5.26. The van der Waals surface area contributed by atoms with Gasteiger partial charge in [0.25, 0.3) is 0 Å². The average molecular weight is 333 g/mol. The number of aromatic nitrogens is 1. The predicted molar refractivity (Wildman–Crippen MR) is 92.1 cm³/mol. The molecule has 0 radical (unpaired) electrons. The first kappa shape index (κ1) is 17.0. The van der Waals surface area contributed by atoms with E-state index in [9.17, 15) is 9.90 Å². The highest BCUT2D eigenvalue weighted by Crippen LogP contribution is 2.41. The highest BCUT2D eigenvalue weighted by atomic mass is 16.4. The van der Waals surface area contributed by atoms with Crippen LogP contribution in [0.2, 0.25) is 0 Å². The van der Waals surface area contributed by atoms with Gasteiger partial charge >= 0.3 is 6.09 Å². The summed E-state index contributed by atoms with van der Waals surface area (Å²) in [6, 6.07) is 4.62. The summed E-state index contributed by atoms with van der Waals surface area (Å²) in [6.07, 6.45) is 4.77. The lowest BCUT2D eigenvalue weighted by Crippen LogP contribution is -2.57. The molecule has 2 bridgehead atoms. The van der Waals surface area contributed by atoms with Gasteiger partial charge in [0.15, 0.2) is 0 Å². The van der Waals surface area contributed by atoms with Crippen LogP contribution in [0, 0.1) is 0 Å². The van der Waals surface area contributed by atoms with Crippen molar-refractivity contribution in [3.05, 3.63) is 23.9 Å². The Balaban J connectivity index is 1.79. The number of anilines is 1. The van der Waals surface area contributed by atoms with Gasteiger partial charge in [-0.05, 0) is 58.1 Å². The maximum atomic E-state index is 11.8. The third kappa shape index (κ3) is 3.07. The fraction of sp³-hybridized carbons (Fsp3) is 0.667. The predicted octanol–water partition coefficient (Wildman–Crippen LogP) is 2.85. The van der Waals surface area contributed by atoms with Gasteiger partial charge < -0.3 is 20.0 Å². The van der Waals surface area contributed by atoms with Crippen LogP contribution in [-0.4, -0.2) is 49.9 Å². The Kier molecular flexibility index (Phi) is 4.42. The molecule has 0 unspecified atom stereocenters. The number of hydrogen-bond donors (Lipinski definition) is 2. The Hall–Kier alpha value is -1.82. The van der Waals surface area contributed by atoms with Crippen LogP contribution >= 0.6 is 0 Å². The van der Waals surface area contributed by atoms with Crippen molar-refractivity contribution in [2.75, 3.05) is 4.90 Å². The van der Waals surface area contributed by atoms with Crippen molar-refractivity contribution < 1.29 is 15.0 Å². The number of fused-ring (bicyclic) bond motifs is 2. The SMILES string of the molecule is CC(C)(C)N(C(=O)O)[C@H]1C[C@H]2CC[C@@H](C1)N2c1ccc(CO)cn1. The van der Waals surface area contributed by atoms with Crippen molar-refractivity contribution in [2.24, 2.45) is 0 Å². The highest BCUT2D eigenvalue weighted by Gasteiger charge is 2.46. The number of carbonyl (C=O) groups is 1.